The lowest BCUT2D eigenvalue weighted by Gasteiger charge is -2.40. The van der Waals surface area contributed by atoms with Crippen molar-refractivity contribution in [2.45, 2.75) is 422 Å². The highest BCUT2D eigenvalue weighted by Crippen LogP contribution is 2.24. The molecule has 8 N–H and O–H groups in total. The van der Waals surface area contributed by atoms with Gasteiger partial charge in [0.25, 0.3) is 0 Å². The van der Waals surface area contributed by atoms with E-state index in [0.29, 0.717) is 19.3 Å². The Kier molecular flexibility index (Phi) is 57.8. The van der Waals surface area contributed by atoms with Gasteiger partial charge in [-0.2, -0.15) is 0 Å². The second-order valence-electron chi connectivity index (χ2n) is 25.7. The Hall–Kier alpha value is -1.15. The van der Waals surface area contributed by atoms with Gasteiger partial charge < -0.3 is 50.5 Å². The Bertz CT molecular complexity index is 1340. The molecule has 1 aliphatic heterocycles. The number of hydrogen-bond donors (Lipinski definition) is 8. The Morgan fingerprint density at radius 3 is 1.02 bits per heavy atom. The van der Waals surface area contributed by atoms with E-state index in [9.17, 15) is 40.5 Å². The highest BCUT2D eigenvalue weighted by atomic mass is 16.7. The normalized spacial score (nSPS) is 19.1. The topological polar surface area (TPSA) is 189 Å². The summed E-state index contributed by atoms with van der Waals surface area (Å²) >= 11 is 0. The summed E-state index contributed by atoms with van der Waals surface area (Å²) in [6.07, 6.45) is 62.9. The van der Waals surface area contributed by atoms with Gasteiger partial charge in [-0.05, 0) is 38.5 Å². The van der Waals surface area contributed by atoms with Gasteiger partial charge in [-0.1, -0.05) is 341 Å². The zero-order valence-corrected chi connectivity index (χ0v) is 54.0. The summed E-state index contributed by atoms with van der Waals surface area (Å²) in [5.41, 5.74) is 0. The molecule has 488 valence electrons. The number of amides is 1. The summed E-state index contributed by atoms with van der Waals surface area (Å²) in [5.74, 6) is -0.689. The van der Waals surface area contributed by atoms with Crippen LogP contribution in [0.15, 0.2) is 12.2 Å². The molecular weight excluding hydrogens is 1030 g/mol. The van der Waals surface area contributed by atoms with Gasteiger partial charge in [0.2, 0.25) is 5.91 Å². The third-order valence-corrected chi connectivity index (χ3v) is 17.8. The van der Waals surface area contributed by atoms with E-state index >= 15 is 0 Å². The van der Waals surface area contributed by atoms with Crippen molar-refractivity contribution in [1.82, 2.24) is 5.32 Å². The number of allylic oxidation sites excluding steroid dienone is 2. The molecule has 9 unspecified atom stereocenters. The van der Waals surface area contributed by atoms with E-state index in [-0.39, 0.29) is 6.42 Å². The molecule has 0 aliphatic carbocycles. The Labute approximate surface area is 506 Å². The van der Waals surface area contributed by atoms with Crippen molar-refractivity contribution in [2.75, 3.05) is 13.2 Å². The van der Waals surface area contributed by atoms with Crippen molar-refractivity contribution in [3.63, 3.8) is 0 Å². The fourth-order valence-corrected chi connectivity index (χ4v) is 12.0. The molecule has 9 atom stereocenters. The Balaban J connectivity index is 2.18. The summed E-state index contributed by atoms with van der Waals surface area (Å²) in [6.45, 7) is 3.53. The zero-order valence-electron chi connectivity index (χ0n) is 54.0. The fraction of sp³-hybridized carbons (Fsp3) is 0.958. The number of ether oxygens (including phenoxy) is 2. The first-order chi connectivity index (χ1) is 40.2. The molecular formula is C71H139NO10. The quantitative estimate of drug-likeness (QED) is 0.0215. The molecule has 0 aromatic rings. The Morgan fingerprint density at radius 1 is 0.415 bits per heavy atom. The molecule has 0 aromatic heterocycles. The van der Waals surface area contributed by atoms with Crippen molar-refractivity contribution < 1.29 is 50.0 Å². The van der Waals surface area contributed by atoms with Crippen molar-refractivity contribution in [1.29, 1.82) is 0 Å². The van der Waals surface area contributed by atoms with E-state index in [1.54, 1.807) is 0 Å². The monoisotopic (exact) mass is 1170 g/mol. The molecule has 0 saturated carbocycles. The first-order valence-corrected chi connectivity index (χ1v) is 36.1. The molecule has 0 radical (unpaired) electrons. The molecule has 11 nitrogen and oxygen atoms in total. The van der Waals surface area contributed by atoms with Crippen LogP contribution in [-0.2, 0) is 14.3 Å². The standard InChI is InChI=1S/C71H139NO10/c1-3-5-7-9-11-13-15-17-19-21-23-25-27-29-31-33-35-37-39-41-43-45-47-49-51-53-55-57-59-64(75)70(80)72-62(61-81-71-69(79)68(78)67(77)65(60-73)82-71)66(76)63(74)58-56-54-52-50-48-46-44-42-40-38-36-34-32-30-28-26-24-22-20-18-16-14-12-10-8-6-4-2/h29,31,62-69,71,73-79H,3-28,30,32-61H2,1-2H3,(H,72,80)/b31-29-. The van der Waals surface area contributed by atoms with Crippen LogP contribution in [0.5, 0.6) is 0 Å². The van der Waals surface area contributed by atoms with Gasteiger partial charge in [-0.25, -0.2) is 0 Å². The maximum atomic E-state index is 13.3. The number of unbranched alkanes of at least 4 members (excludes halogenated alkanes) is 50. The van der Waals surface area contributed by atoms with Crippen molar-refractivity contribution >= 4 is 5.91 Å². The maximum Gasteiger partial charge on any atom is 0.249 e. The number of carbonyl (C=O) groups excluding carboxylic acids is 1. The summed E-state index contributed by atoms with van der Waals surface area (Å²) in [4.78, 5) is 13.3. The van der Waals surface area contributed by atoms with Gasteiger partial charge >= 0.3 is 0 Å². The van der Waals surface area contributed by atoms with Crippen LogP contribution in [0.3, 0.4) is 0 Å². The lowest BCUT2D eigenvalue weighted by Crippen LogP contribution is -2.60. The van der Waals surface area contributed by atoms with Crippen molar-refractivity contribution in [2.24, 2.45) is 0 Å². The zero-order chi connectivity index (χ0) is 59.6. The predicted molar refractivity (Wildman–Crippen MR) is 344 cm³/mol. The van der Waals surface area contributed by atoms with Gasteiger partial charge in [0, 0.05) is 0 Å². The van der Waals surface area contributed by atoms with E-state index in [1.165, 1.54) is 289 Å². The first-order valence-electron chi connectivity index (χ1n) is 36.1. The van der Waals surface area contributed by atoms with Crippen LogP contribution in [0.4, 0.5) is 0 Å². The van der Waals surface area contributed by atoms with Gasteiger partial charge in [-0.15, -0.1) is 0 Å². The van der Waals surface area contributed by atoms with Crippen LogP contribution < -0.4 is 5.32 Å². The second kappa shape index (κ2) is 60.1. The van der Waals surface area contributed by atoms with Crippen molar-refractivity contribution in [3.05, 3.63) is 12.2 Å². The van der Waals surface area contributed by atoms with E-state index in [1.807, 2.05) is 0 Å². The summed E-state index contributed by atoms with van der Waals surface area (Å²) in [6, 6.07) is -1.17. The Morgan fingerprint density at radius 2 is 0.707 bits per heavy atom. The van der Waals surface area contributed by atoms with E-state index < -0.39 is 74.2 Å². The lowest BCUT2D eigenvalue weighted by atomic mass is 9.98. The van der Waals surface area contributed by atoms with Crippen LogP contribution >= 0.6 is 0 Å². The third kappa shape index (κ3) is 47.0. The molecule has 1 saturated heterocycles. The summed E-state index contributed by atoms with van der Waals surface area (Å²) in [7, 11) is 0. The molecule has 1 rings (SSSR count). The number of aliphatic hydroxyl groups excluding tert-OH is 7. The van der Waals surface area contributed by atoms with Crippen LogP contribution in [0.25, 0.3) is 0 Å². The average molecular weight is 1170 g/mol. The van der Waals surface area contributed by atoms with Crippen LogP contribution in [0.2, 0.25) is 0 Å². The van der Waals surface area contributed by atoms with Gasteiger partial charge in [0.15, 0.2) is 6.29 Å². The summed E-state index contributed by atoms with van der Waals surface area (Å²) < 4.78 is 11.2. The highest BCUT2D eigenvalue weighted by Gasteiger charge is 2.44. The minimum absolute atomic E-state index is 0.264. The van der Waals surface area contributed by atoms with Gasteiger partial charge in [0.05, 0.1) is 25.4 Å². The van der Waals surface area contributed by atoms with Crippen LogP contribution in [0, 0.1) is 0 Å². The van der Waals surface area contributed by atoms with Gasteiger partial charge in [0.1, 0.15) is 36.6 Å². The smallest absolute Gasteiger partial charge is 0.249 e. The van der Waals surface area contributed by atoms with Gasteiger partial charge in [-0.3, -0.25) is 4.79 Å². The lowest BCUT2D eigenvalue weighted by molar-refractivity contribution is -0.303. The number of rotatable bonds is 64. The van der Waals surface area contributed by atoms with E-state index in [0.717, 1.165) is 38.5 Å². The predicted octanol–water partition coefficient (Wildman–Crippen LogP) is 17.4. The van der Waals surface area contributed by atoms with Crippen LogP contribution in [-0.4, -0.2) is 110 Å². The third-order valence-electron chi connectivity index (χ3n) is 17.8. The second-order valence-corrected chi connectivity index (χ2v) is 25.7. The minimum Gasteiger partial charge on any atom is -0.394 e. The summed E-state index contributed by atoms with van der Waals surface area (Å²) in [5, 5.41) is 76.6. The number of aliphatic hydroxyl groups is 7. The molecule has 0 spiro atoms. The molecule has 0 bridgehead atoms. The van der Waals surface area contributed by atoms with Crippen molar-refractivity contribution in [3.8, 4) is 0 Å². The maximum absolute atomic E-state index is 13.3. The molecule has 0 aromatic carbocycles. The SMILES string of the molecule is CCCCCCCCCCCCCC/C=C\CCCCCCCCCCCCCCC(O)C(=O)NC(COC1OC(CO)C(O)C(O)C1O)C(O)C(O)CCCCCCCCCCCCCCCCCCCCCCCCCCCCC. The molecule has 1 aliphatic rings. The molecule has 11 heteroatoms. The fourth-order valence-electron chi connectivity index (χ4n) is 12.0. The van der Waals surface area contributed by atoms with Crippen LogP contribution in [0.1, 0.15) is 367 Å². The number of nitrogens with one attached hydrogen (secondary N) is 1. The molecule has 1 fully saturated rings. The highest BCUT2D eigenvalue weighted by molar-refractivity contribution is 5.80. The molecule has 1 amide bonds. The number of hydrogen-bond acceptors (Lipinski definition) is 10. The molecule has 1 heterocycles. The first kappa shape index (κ1) is 78.9. The number of carbonyl (C=O) groups is 1. The largest absolute Gasteiger partial charge is 0.394 e. The van der Waals surface area contributed by atoms with E-state index in [2.05, 4.69) is 31.3 Å². The molecule has 82 heavy (non-hydrogen) atoms. The average Bonchev–Trinajstić information content (AvgIpc) is 3.48. The van der Waals surface area contributed by atoms with E-state index in [4.69, 9.17) is 9.47 Å². The minimum atomic E-state index is -1.66.